The zero-order valence-corrected chi connectivity index (χ0v) is 12.0. The van der Waals surface area contributed by atoms with Crippen LogP contribution in [0.25, 0.3) is 0 Å². The van der Waals surface area contributed by atoms with Crippen LogP contribution in [0.1, 0.15) is 52.4 Å². The Bertz CT molecular complexity index is 391. The van der Waals surface area contributed by atoms with E-state index in [1.807, 2.05) is 13.8 Å². The molecule has 0 aliphatic heterocycles. The van der Waals surface area contributed by atoms with Crippen LogP contribution >= 0.6 is 0 Å². The molecule has 0 aromatic heterocycles. The molecule has 0 saturated heterocycles. The van der Waals surface area contributed by atoms with Crippen LogP contribution in [0, 0.1) is 11.3 Å². The lowest BCUT2D eigenvalue weighted by atomic mass is 9.68. The molecular weight excluding hydrogens is 262 g/mol. The first-order valence-electron chi connectivity index (χ1n) is 6.99. The highest BCUT2D eigenvalue weighted by molar-refractivity contribution is 5.85. The van der Waals surface area contributed by atoms with Crippen molar-refractivity contribution >= 4 is 17.8 Å². The van der Waals surface area contributed by atoms with Crippen LogP contribution in [-0.4, -0.2) is 34.1 Å². The molecule has 1 aliphatic carbocycles. The lowest BCUT2D eigenvalue weighted by molar-refractivity contribution is -0.144. The predicted octanol–water partition coefficient (Wildman–Crippen LogP) is 1.64. The van der Waals surface area contributed by atoms with E-state index >= 15 is 0 Å². The van der Waals surface area contributed by atoms with Gasteiger partial charge in [-0.25, -0.2) is 4.79 Å². The number of nitrogens with one attached hydrogen (secondary N) is 1. The first-order chi connectivity index (χ1) is 9.24. The van der Waals surface area contributed by atoms with Crippen LogP contribution < -0.4 is 5.32 Å². The number of amides is 1. The molecule has 1 unspecified atom stereocenters. The second-order valence-corrected chi connectivity index (χ2v) is 6.12. The summed E-state index contributed by atoms with van der Waals surface area (Å²) in [7, 11) is 0. The molecule has 1 fully saturated rings. The third-order valence-corrected chi connectivity index (χ3v) is 4.09. The molecule has 0 spiro atoms. The zero-order chi connectivity index (χ0) is 15.3. The zero-order valence-electron chi connectivity index (χ0n) is 12.0. The second-order valence-electron chi connectivity index (χ2n) is 6.12. The van der Waals surface area contributed by atoms with Gasteiger partial charge in [-0.15, -0.1) is 0 Å². The topological polar surface area (TPSA) is 104 Å². The van der Waals surface area contributed by atoms with Crippen molar-refractivity contribution in [3.8, 4) is 0 Å². The number of hydrogen-bond acceptors (Lipinski definition) is 3. The number of carboxylic acid groups (broad SMARTS) is 2. The van der Waals surface area contributed by atoms with Gasteiger partial charge in [0, 0.05) is 12.3 Å². The van der Waals surface area contributed by atoms with Crippen LogP contribution in [0.4, 0.5) is 0 Å². The fourth-order valence-electron chi connectivity index (χ4n) is 2.78. The van der Waals surface area contributed by atoms with Crippen molar-refractivity contribution in [2.75, 3.05) is 0 Å². The van der Waals surface area contributed by atoms with Gasteiger partial charge in [0.25, 0.3) is 0 Å². The molecule has 0 bridgehead atoms. The number of aliphatic carboxylic acids is 2. The molecule has 6 heteroatoms. The van der Waals surface area contributed by atoms with Crippen LogP contribution in [0.2, 0.25) is 0 Å². The molecule has 1 amide bonds. The Balaban J connectivity index is 2.65. The average molecular weight is 285 g/mol. The second kappa shape index (κ2) is 6.72. The summed E-state index contributed by atoms with van der Waals surface area (Å²) in [6, 6.07) is -1.13. The number of carbonyl (C=O) groups excluding carboxylic acids is 1. The van der Waals surface area contributed by atoms with Crippen LogP contribution in [-0.2, 0) is 14.4 Å². The first kappa shape index (κ1) is 16.5. The van der Waals surface area contributed by atoms with Gasteiger partial charge < -0.3 is 15.5 Å². The van der Waals surface area contributed by atoms with Crippen molar-refractivity contribution in [2.45, 2.75) is 58.4 Å². The molecule has 1 rings (SSSR count). The first-order valence-corrected chi connectivity index (χ1v) is 6.99. The predicted molar refractivity (Wildman–Crippen MR) is 72.2 cm³/mol. The minimum Gasteiger partial charge on any atom is -0.481 e. The fraction of sp³-hybridized carbons (Fsp3) is 0.786. The molecule has 0 aromatic rings. The molecule has 114 valence electrons. The van der Waals surface area contributed by atoms with Crippen molar-refractivity contribution in [1.82, 2.24) is 5.32 Å². The average Bonchev–Trinajstić information content (AvgIpc) is 2.32. The van der Waals surface area contributed by atoms with Crippen LogP contribution in [0.15, 0.2) is 0 Å². The van der Waals surface area contributed by atoms with Crippen molar-refractivity contribution in [2.24, 2.45) is 11.3 Å². The smallest absolute Gasteiger partial charge is 0.326 e. The van der Waals surface area contributed by atoms with E-state index in [0.717, 1.165) is 25.7 Å². The molecule has 1 saturated carbocycles. The Kier molecular flexibility index (Phi) is 5.53. The van der Waals surface area contributed by atoms with Gasteiger partial charge in [0.05, 0.1) is 0 Å². The van der Waals surface area contributed by atoms with Gasteiger partial charge in [-0.2, -0.15) is 0 Å². The van der Waals surface area contributed by atoms with Gasteiger partial charge in [-0.3, -0.25) is 9.59 Å². The SMILES string of the molecule is CC1(C)CCCCC1C(=O)N[C@@H](CCC(=O)O)C(=O)O. The van der Waals surface area contributed by atoms with Gasteiger partial charge in [0.1, 0.15) is 6.04 Å². The van der Waals surface area contributed by atoms with Gasteiger partial charge in [0.2, 0.25) is 5.91 Å². The Labute approximate surface area is 118 Å². The molecule has 6 nitrogen and oxygen atoms in total. The minimum absolute atomic E-state index is 0.0937. The summed E-state index contributed by atoms with van der Waals surface area (Å²) in [6.45, 7) is 4.03. The van der Waals surface area contributed by atoms with Crippen molar-refractivity contribution < 1.29 is 24.6 Å². The van der Waals surface area contributed by atoms with E-state index in [1.165, 1.54) is 0 Å². The summed E-state index contributed by atoms with van der Waals surface area (Å²) in [5.74, 6) is -2.73. The number of carboxylic acids is 2. The Morgan fingerprint density at radius 2 is 1.90 bits per heavy atom. The summed E-state index contributed by atoms with van der Waals surface area (Å²) in [4.78, 5) is 33.8. The summed E-state index contributed by atoms with van der Waals surface area (Å²) in [5, 5.41) is 20.2. The van der Waals surface area contributed by atoms with Crippen molar-refractivity contribution in [3.63, 3.8) is 0 Å². The Morgan fingerprint density at radius 1 is 1.25 bits per heavy atom. The van der Waals surface area contributed by atoms with E-state index in [0.29, 0.717) is 0 Å². The maximum absolute atomic E-state index is 12.3. The Morgan fingerprint density at radius 3 is 2.40 bits per heavy atom. The van der Waals surface area contributed by atoms with E-state index in [-0.39, 0.29) is 30.1 Å². The minimum atomic E-state index is -1.19. The maximum atomic E-state index is 12.3. The highest BCUT2D eigenvalue weighted by Crippen LogP contribution is 2.40. The number of rotatable bonds is 6. The molecule has 0 aromatic carbocycles. The highest BCUT2D eigenvalue weighted by atomic mass is 16.4. The van der Waals surface area contributed by atoms with E-state index in [2.05, 4.69) is 5.32 Å². The molecule has 0 heterocycles. The number of hydrogen-bond donors (Lipinski definition) is 3. The molecule has 1 aliphatic rings. The van der Waals surface area contributed by atoms with E-state index in [9.17, 15) is 14.4 Å². The lowest BCUT2D eigenvalue weighted by Crippen LogP contribution is -2.48. The molecule has 20 heavy (non-hydrogen) atoms. The fourth-order valence-corrected chi connectivity index (χ4v) is 2.78. The Hall–Kier alpha value is -1.59. The number of carbonyl (C=O) groups is 3. The van der Waals surface area contributed by atoms with Gasteiger partial charge in [0.15, 0.2) is 0 Å². The van der Waals surface area contributed by atoms with Gasteiger partial charge in [-0.05, 0) is 24.7 Å². The van der Waals surface area contributed by atoms with E-state index in [4.69, 9.17) is 10.2 Å². The van der Waals surface area contributed by atoms with Crippen LogP contribution in [0.3, 0.4) is 0 Å². The highest BCUT2D eigenvalue weighted by Gasteiger charge is 2.38. The van der Waals surface area contributed by atoms with Crippen molar-refractivity contribution in [1.29, 1.82) is 0 Å². The quantitative estimate of drug-likeness (QED) is 0.688. The van der Waals surface area contributed by atoms with E-state index < -0.39 is 18.0 Å². The molecular formula is C14H23NO5. The third kappa shape index (κ3) is 4.51. The van der Waals surface area contributed by atoms with E-state index in [1.54, 1.807) is 0 Å². The third-order valence-electron chi connectivity index (χ3n) is 4.09. The normalized spacial score (nSPS) is 22.8. The monoisotopic (exact) mass is 285 g/mol. The lowest BCUT2D eigenvalue weighted by Gasteiger charge is -2.38. The van der Waals surface area contributed by atoms with Gasteiger partial charge >= 0.3 is 11.9 Å². The summed E-state index contributed by atoms with van der Waals surface area (Å²) >= 11 is 0. The standard InChI is InChI=1S/C14H23NO5/c1-14(2)8-4-3-5-9(14)12(18)15-10(13(19)20)6-7-11(16)17/h9-10H,3-8H2,1-2H3,(H,15,18)(H,16,17)(H,19,20)/t9?,10-/m0/s1. The largest absolute Gasteiger partial charge is 0.481 e. The summed E-state index contributed by atoms with van der Waals surface area (Å²) in [5.41, 5.74) is -0.141. The van der Waals surface area contributed by atoms with Crippen molar-refractivity contribution in [3.05, 3.63) is 0 Å². The summed E-state index contributed by atoms with van der Waals surface area (Å²) < 4.78 is 0. The van der Waals surface area contributed by atoms with Gasteiger partial charge in [-0.1, -0.05) is 26.7 Å². The molecule has 2 atom stereocenters. The molecule has 3 N–H and O–H groups in total. The maximum Gasteiger partial charge on any atom is 0.326 e. The van der Waals surface area contributed by atoms with Crippen LogP contribution in [0.5, 0.6) is 0 Å². The summed E-state index contributed by atoms with van der Waals surface area (Å²) in [6.07, 6.45) is 3.38. The molecule has 0 radical (unpaired) electrons.